The van der Waals surface area contributed by atoms with Gasteiger partial charge in [0.2, 0.25) is 5.91 Å². The Morgan fingerprint density at radius 2 is 1.55 bits per heavy atom. The number of likely N-dealkylation sites (tertiary alicyclic amines) is 1. The lowest BCUT2D eigenvalue weighted by Crippen LogP contribution is -2.54. The van der Waals surface area contributed by atoms with Crippen LogP contribution in [-0.2, 0) is 20.3 Å². The van der Waals surface area contributed by atoms with Crippen LogP contribution in [0.15, 0.2) is 24.3 Å². The van der Waals surface area contributed by atoms with Crippen molar-refractivity contribution in [3.8, 4) is 0 Å². The average molecular weight is 452 g/mol. The minimum absolute atomic E-state index is 0.0576. The van der Waals surface area contributed by atoms with Gasteiger partial charge in [-0.05, 0) is 49.1 Å². The van der Waals surface area contributed by atoms with Crippen LogP contribution >= 0.6 is 7.82 Å². The Kier molecular flexibility index (Phi) is 9.58. The second-order valence-electron chi connectivity index (χ2n) is 9.21. The third-order valence-electron chi connectivity index (χ3n) is 6.65. The summed E-state index contributed by atoms with van der Waals surface area (Å²) in [5, 5.41) is 0. The molecule has 3 rings (SSSR count). The molecule has 31 heavy (non-hydrogen) atoms. The summed E-state index contributed by atoms with van der Waals surface area (Å²) in [4.78, 5) is 31.1. The number of phosphoric acid groups is 1. The van der Waals surface area contributed by atoms with E-state index in [0.29, 0.717) is 6.42 Å². The Morgan fingerprint density at radius 3 is 2.19 bits per heavy atom. The zero-order valence-corrected chi connectivity index (χ0v) is 19.5. The van der Waals surface area contributed by atoms with Gasteiger partial charge in [-0.3, -0.25) is 9.32 Å². The smallest absolute Gasteiger partial charge is 0.337 e. The number of rotatable bonds is 12. The van der Waals surface area contributed by atoms with Gasteiger partial charge < -0.3 is 14.7 Å². The van der Waals surface area contributed by atoms with Crippen LogP contribution in [0.3, 0.4) is 0 Å². The fourth-order valence-electron chi connectivity index (χ4n) is 4.77. The molecular formula is C24H38NO5P. The van der Waals surface area contributed by atoms with Crippen molar-refractivity contribution < 1.29 is 23.7 Å². The molecule has 0 atom stereocenters. The van der Waals surface area contributed by atoms with Crippen LogP contribution in [0.5, 0.6) is 0 Å². The highest BCUT2D eigenvalue weighted by molar-refractivity contribution is 7.46. The highest BCUT2D eigenvalue weighted by atomic mass is 31.2. The van der Waals surface area contributed by atoms with Gasteiger partial charge >= 0.3 is 7.82 Å². The van der Waals surface area contributed by atoms with Crippen molar-refractivity contribution in [2.24, 2.45) is 0 Å². The van der Waals surface area contributed by atoms with Crippen molar-refractivity contribution in [3.63, 3.8) is 0 Å². The van der Waals surface area contributed by atoms with Crippen LogP contribution in [-0.4, -0.2) is 39.8 Å². The molecule has 1 heterocycles. The molecule has 1 aliphatic carbocycles. The zero-order valence-electron chi connectivity index (χ0n) is 18.6. The lowest BCUT2D eigenvalue weighted by atomic mass is 9.84. The van der Waals surface area contributed by atoms with Crippen molar-refractivity contribution in [1.29, 1.82) is 0 Å². The van der Waals surface area contributed by atoms with Gasteiger partial charge in [-0.15, -0.1) is 0 Å². The first-order valence-corrected chi connectivity index (χ1v) is 13.5. The Morgan fingerprint density at radius 1 is 0.935 bits per heavy atom. The third kappa shape index (κ3) is 8.69. The van der Waals surface area contributed by atoms with E-state index in [-0.39, 0.29) is 19.0 Å². The summed E-state index contributed by atoms with van der Waals surface area (Å²) >= 11 is 0. The summed E-state index contributed by atoms with van der Waals surface area (Å²) in [7, 11) is -4.45. The molecule has 7 heteroatoms. The fourth-order valence-corrected chi connectivity index (χ4v) is 5.29. The molecule has 2 aliphatic rings. The van der Waals surface area contributed by atoms with Gasteiger partial charge in [0.05, 0.1) is 0 Å². The molecule has 0 aromatic heterocycles. The first kappa shape index (κ1) is 24.4. The fraction of sp³-hybridized carbons (Fsp3) is 0.708. The molecule has 0 radical (unpaired) electrons. The topological polar surface area (TPSA) is 87.1 Å². The molecule has 0 bridgehead atoms. The van der Waals surface area contributed by atoms with E-state index in [0.717, 1.165) is 31.6 Å². The van der Waals surface area contributed by atoms with E-state index in [1.54, 1.807) is 4.90 Å². The molecule has 1 amide bonds. The number of phosphoric ester groups is 1. The molecule has 1 saturated heterocycles. The van der Waals surface area contributed by atoms with E-state index in [9.17, 15) is 9.36 Å². The van der Waals surface area contributed by atoms with Gasteiger partial charge in [0.15, 0.2) is 0 Å². The highest BCUT2D eigenvalue weighted by Gasteiger charge is 2.35. The van der Waals surface area contributed by atoms with Gasteiger partial charge in [0.25, 0.3) is 0 Å². The predicted molar refractivity (Wildman–Crippen MR) is 122 cm³/mol. The standard InChI is InChI=1S/C24H38NO5P/c26-24(25-18-23(19-25)30-31(27,28)29)13-9-4-2-1-3-6-10-20-14-16-22(17-15-20)21-11-7-5-8-12-21/h14-17,21,23H,1-13,18-19H2,(H2,27,28,29). The van der Waals surface area contributed by atoms with E-state index < -0.39 is 13.9 Å². The summed E-state index contributed by atoms with van der Waals surface area (Å²) in [5.41, 5.74) is 2.97. The first-order chi connectivity index (χ1) is 14.9. The minimum Gasteiger partial charge on any atom is -0.337 e. The van der Waals surface area contributed by atoms with Crippen molar-refractivity contribution in [2.45, 2.75) is 95.5 Å². The number of aryl methyl sites for hydroxylation is 1. The summed E-state index contributed by atoms with van der Waals surface area (Å²) in [5.74, 6) is 0.840. The maximum atomic E-state index is 12.0. The minimum atomic E-state index is -4.45. The largest absolute Gasteiger partial charge is 0.469 e. The molecule has 1 aromatic rings. The number of amides is 1. The molecule has 2 N–H and O–H groups in total. The Bertz CT molecular complexity index is 720. The maximum Gasteiger partial charge on any atom is 0.469 e. The monoisotopic (exact) mass is 451 g/mol. The molecule has 0 spiro atoms. The van der Waals surface area contributed by atoms with E-state index in [4.69, 9.17) is 9.79 Å². The zero-order chi connectivity index (χ0) is 22.1. The molecular weight excluding hydrogens is 413 g/mol. The third-order valence-corrected chi connectivity index (χ3v) is 7.22. The number of carbonyl (C=O) groups excluding carboxylic acids is 1. The number of carbonyl (C=O) groups is 1. The Labute approximate surface area is 186 Å². The SMILES string of the molecule is O=C(CCCCCCCCc1ccc(C2CCCCC2)cc1)N1CC(OP(=O)(O)O)C1. The molecule has 1 aromatic carbocycles. The van der Waals surface area contributed by atoms with E-state index in [1.165, 1.54) is 62.5 Å². The van der Waals surface area contributed by atoms with Crippen molar-refractivity contribution in [3.05, 3.63) is 35.4 Å². The Balaban J connectivity index is 1.17. The predicted octanol–water partition coefficient (Wildman–Crippen LogP) is 5.33. The number of hydrogen-bond acceptors (Lipinski definition) is 3. The molecule has 0 unspecified atom stereocenters. The summed E-state index contributed by atoms with van der Waals surface area (Å²) in [6.07, 6.45) is 14.7. The molecule has 174 valence electrons. The molecule has 2 fully saturated rings. The van der Waals surface area contributed by atoms with Crippen LogP contribution in [0.4, 0.5) is 0 Å². The van der Waals surface area contributed by atoms with E-state index in [1.807, 2.05) is 0 Å². The lowest BCUT2D eigenvalue weighted by molar-refractivity contribution is -0.140. The summed E-state index contributed by atoms with van der Waals surface area (Å²) in [6, 6.07) is 9.34. The second-order valence-corrected chi connectivity index (χ2v) is 10.4. The Hall–Kier alpha value is -1.20. The molecule has 6 nitrogen and oxygen atoms in total. The maximum absolute atomic E-state index is 12.0. The van der Waals surface area contributed by atoms with E-state index in [2.05, 4.69) is 28.8 Å². The number of nitrogens with zero attached hydrogens (tertiary/aromatic N) is 1. The van der Waals surface area contributed by atoms with E-state index >= 15 is 0 Å². The lowest BCUT2D eigenvalue weighted by Gasteiger charge is -2.38. The van der Waals surface area contributed by atoms with Crippen LogP contribution < -0.4 is 0 Å². The van der Waals surface area contributed by atoms with Crippen molar-refractivity contribution in [1.82, 2.24) is 4.90 Å². The quantitative estimate of drug-likeness (QED) is 0.331. The van der Waals surface area contributed by atoms with Gasteiger partial charge in [0, 0.05) is 19.5 Å². The average Bonchev–Trinajstić information content (AvgIpc) is 2.72. The molecule has 1 aliphatic heterocycles. The molecule has 1 saturated carbocycles. The van der Waals surface area contributed by atoms with Crippen molar-refractivity contribution in [2.75, 3.05) is 13.1 Å². The normalized spacial score (nSPS) is 18.2. The number of benzene rings is 1. The summed E-state index contributed by atoms with van der Waals surface area (Å²) < 4.78 is 15.3. The van der Waals surface area contributed by atoms with Gasteiger partial charge in [0.1, 0.15) is 6.10 Å². The van der Waals surface area contributed by atoms with Gasteiger partial charge in [-0.2, -0.15) is 0 Å². The number of hydrogen-bond donors (Lipinski definition) is 2. The van der Waals surface area contributed by atoms with Crippen LogP contribution in [0.2, 0.25) is 0 Å². The van der Waals surface area contributed by atoms with Gasteiger partial charge in [-0.25, -0.2) is 4.57 Å². The first-order valence-electron chi connectivity index (χ1n) is 12.0. The van der Waals surface area contributed by atoms with Gasteiger partial charge in [-0.1, -0.05) is 69.2 Å². The summed E-state index contributed by atoms with van der Waals surface area (Å²) in [6.45, 7) is 0.567. The van der Waals surface area contributed by atoms with Crippen LogP contribution in [0.25, 0.3) is 0 Å². The number of unbranched alkanes of at least 4 members (excludes halogenated alkanes) is 5. The second kappa shape index (κ2) is 12.2. The van der Waals surface area contributed by atoms with Crippen LogP contribution in [0, 0.1) is 0 Å². The van der Waals surface area contributed by atoms with Crippen molar-refractivity contribution >= 4 is 13.7 Å². The van der Waals surface area contributed by atoms with Crippen LogP contribution in [0.1, 0.15) is 94.1 Å². The highest BCUT2D eigenvalue weighted by Crippen LogP contribution is 2.39.